The summed E-state index contributed by atoms with van der Waals surface area (Å²) >= 11 is 0. The third-order valence-corrected chi connectivity index (χ3v) is 4.86. The molecule has 0 saturated carbocycles. The van der Waals surface area contributed by atoms with Crippen molar-refractivity contribution in [2.75, 3.05) is 19.7 Å². The third-order valence-electron chi connectivity index (χ3n) is 3.03. The van der Waals surface area contributed by atoms with Crippen molar-refractivity contribution in [3.63, 3.8) is 0 Å². The molecule has 0 spiro atoms. The van der Waals surface area contributed by atoms with Crippen LogP contribution in [0.1, 0.15) is 6.92 Å². The maximum absolute atomic E-state index is 12.4. The number of primary amides is 1. The summed E-state index contributed by atoms with van der Waals surface area (Å²) < 4.78 is 31.2. The standard InChI is InChI=1S/C11H15N3O4S/c1-11(10(12)15)8-14(5-6-18-11)19(16,17)9-3-2-4-13-7-9/h2-4,7H,5-6,8H2,1H3,(H2,12,15)/t11-/m0/s1. The van der Waals surface area contributed by atoms with Gasteiger partial charge in [-0.25, -0.2) is 8.42 Å². The quantitative estimate of drug-likeness (QED) is 0.794. The lowest BCUT2D eigenvalue weighted by Crippen LogP contribution is -2.58. The highest BCUT2D eigenvalue weighted by atomic mass is 32.2. The number of rotatable bonds is 3. The first kappa shape index (κ1) is 13.9. The molecule has 2 N–H and O–H groups in total. The minimum atomic E-state index is -3.68. The van der Waals surface area contributed by atoms with Crippen molar-refractivity contribution >= 4 is 15.9 Å². The van der Waals surface area contributed by atoms with Gasteiger partial charge in [0, 0.05) is 18.9 Å². The molecule has 2 rings (SSSR count). The minimum Gasteiger partial charge on any atom is -0.367 e. The fourth-order valence-corrected chi connectivity index (χ4v) is 3.31. The Morgan fingerprint density at radius 2 is 2.32 bits per heavy atom. The summed E-state index contributed by atoms with van der Waals surface area (Å²) in [6.45, 7) is 1.69. The van der Waals surface area contributed by atoms with E-state index in [2.05, 4.69) is 4.98 Å². The monoisotopic (exact) mass is 285 g/mol. The molecule has 104 valence electrons. The molecule has 19 heavy (non-hydrogen) atoms. The summed E-state index contributed by atoms with van der Waals surface area (Å²) in [5.74, 6) is -0.682. The number of hydrogen-bond donors (Lipinski definition) is 1. The summed E-state index contributed by atoms with van der Waals surface area (Å²) in [6.07, 6.45) is 2.76. The van der Waals surface area contributed by atoms with Gasteiger partial charge in [0.1, 0.15) is 4.90 Å². The molecule has 1 saturated heterocycles. The lowest BCUT2D eigenvalue weighted by Gasteiger charge is -2.37. The normalized spacial score (nSPS) is 25.1. The number of pyridine rings is 1. The van der Waals surface area contributed by atoms with Gasteiger partial charge in [-0.15, -0.1) is 0 Å². The fraction of sp³-hybridized carbons (Fsp3) is 0.455. The molecule has 0 unspecified atom stereocenters. The van der Waals surface area contributed by atoms with Gasteiger partial charge in [-0.2, -0.15) is 4.31 Å². The van der Waals surface area contributed by atoms with Gasteiger partial charge in [0.2, 0.25) is 10.0 Å². The fourth-order valence-electron chi connectivity index (χ4n) is 1.84. The number of sulfonamides is 1. The highest BCUT2D eigenvalue weighted by molar-refractivity contribution is 7.89. The number of amides is 1. The Bertz CT molecular complexity index is 575. The van der Waals surface area contributed by atoms with Gasteiger partial charge >= 0.3 is 0 Å². The molecule has 0 aromatic carbocycles. The molecule has 8 heteroatoms. The van der Waals surface area contributed by atoms with Gasteiger partial charge in [0.05, 0.1) is 13.2 Å². The van der Waals surface area contributed by atoms with Crippen LogP contribution in [-0.4, -0.2) is 48.9 Å². The predicted molar refractivity (Wildman–Crippen MR) is 66.5 cm³/mol. The molecule has 1 amide bonds. The molecule has 0 bridgehead atoms. The molecule has 0 radical (unpaired) electrons. The van der Waals surface area contributed by atoms with Crippen LogP contribution in [0.5, 0.6) is 0 Å². The van der Waals surface area contributed by atoms with E-state index in [4.69, 9.17) is 10.5 Å². The number of nitrogens with zero attached hydrogens (tertiary/aromatic N) is 2. The summed E-state index contributed by atoms with van der Waals surface area (Å²) in [4.78, 5) is 15.2. The first-order chi connectivity index (χ1) is 8.86. The van der Waals surface area contributed by atoms with Gasteiger partial charge in [0.15, 0.2) is 5.60 Å². The van der Waals surface area contributed by atoms with Crippen LogP contribution in [0.25, 0.3) is 0 Å². The van der Waals surface area contributed by atoms with Crippen LogP contribution in [0.15, 0.2) is 29.4 Å². The molecule has 7 nitrogen and oxygen atoms in total. The topological polar surface area (TPSA) is 103 Å². The molecule has 1 aromatic heterocycles. The van der Waals surface area contributed by atoms with Gasteiger partial charge in [-0.3, -0.25) is 9.78 Å². The van der Waals surface area contributed by atoms with Crippen molar-refractivity contribution in [2.45, 2.75) is 17.4 Å². The van der Waals surface area contributed by atoms with Crippen LogP contribution < -0.4 is 5.73 Å². The summed E-state index contributed by atoms with van der Waals surface area (Å²) in [7, 11) is -3.68. The zero-order valence-electron chi connectivity index (χ0n) is 10.4. The van der Waals surface area contributed by atoms with E-state index in [0.29, 0.717) is 0 Å². The van der Waals surface area contributed by atoms with Crippen molar-refractivity contribution in [3.8, 4) is 0 Å². The second-order valence-electron chi connectivity index (χ2n) is 4.47. The van der Waals surface area contributed by atoms with E-state index in [-0.39, 0.29) is 24.6 Å². The number of aromatic nitrogens is 1. The molecule has 0 aliphatic carbocycles. The largest absolute Gasteiger partial charge is 0.367 e. The van der Waals surface area contributed by atoms with Crippen LogP contribution in [-0.2, 0) is 19.6 Å². The zero-order valence-corrected chi connectivity index (χ0v) is 11.3. The Balaban J connectivity index is 2.30. The second-order valence-corrected chi connectivity index (χ2v) is 6.41. The van der Waals surface area contributed by atoms with Crippen molar-refractivity contribution in [3.05, 3.63) is 24.5 Å². The Labute approximate surface area is 111 Å². The molecule has 1 fully saturated rings. The smallest absolute Gasteiger partial charge is 0.250 e. The number of morpholine rings is 1. The van der Waals surface area contributed by atoms with Gasteiger partial charge in [-0.05, 0) is 19.1 Å². The van der Waals surface area contributed by atoms with Crippen LogP contribution in [0.2, 0.25) is 0 Å². The molecule has 1 aliphatic rings. The number of nitrogens with two attached hydrogens (primary N) is 1. The van der Waals surface area contributed by atoms with Crippen molar-refractivity contribution < 1.29 is 17.9 Å². The van der Waals surface area contributed by atoms with E-state index in [9.17, 15) is 13.2 Å². The number of carbonyl (C=O) groups is 1. The van der Waals surface area contributed by atoms with E-state index < -0.39 is 21.5 Å². The first-order valence-corrected chi connectivity index (χ1v) is 7.14. The molecule has 1 aliphatic heterocycles. The second kappa shape index (κ2) is 4.87. The zero-order chi connectivity index (χ0) is 14.1. The van der Waals surface area contributed by atoms with Crippen LogP contribution in [0.4, 0.5) is 0 Å². The average molecular weight is 285 g/mol. The SMILES string of the molecule is C[C@@]1(C(N)=O)CN(S(=O)(=O)c2cccnc2)CCO1. The Morgan fingerprint density at radius 3 is 2.89 bits per heavy atom. The minimum absolute atomic E-state index is 0.0868. The maximum Gasteiger partial charge on any atom is 0.250 e. The number of carbonyl (C=O) groups excluding carboxylic acids is 1. The highest BCUT2D eigenvalue weighted by Crippen LogP contribution is 2.23. The molecular formula is C11H15N3O4S. The summed E-state index contributed by atoms with van der Waals surface area (Å²) in [6, 6.07) is 3.00. The number of ether oxygens (including phenoxy) is 1. The van der Waals surface area contributed by atoms with E-state index in [1.807, 2.05) is 0 Å². The average Bonchev–Trinajstić information content (AvgIpc) is 2.39. The van der Waals surface area contributed by atoms with E-state index in [1.54, 1.807) is 6.07 Å². The van der Waals surface area contributed by atoms with Crippen molar-refractivity contribution in [2.24, 2.45) is 5.73 Å². The van der Waals surface area contributed by atoms with Gasteiger partial charge in [-0.1, -0.05) is 0 Å². The Morgan fingerprint density at radius 1 is 1.58 bits per heavy atom. The number of hydrogen-bond acceptors (Lipinski definition) is 5. The third kappa shape index (κ3) is 2.60. The first-order valence-electron chi connectivity index (χ1n) is 5.70. The van der Waals surface area contributed by atoms with Crippen LogP contribution in [0.3, 0.4) is 0 Å². The lowest BCUT2D eigenvalue weighted by molar-refractivity contribution is -0.148. The van der Waals surface area contributed by atoms with E-state index >= 15 is 0 Å². The van der Waals surface area contributed by atoms with Crippen molar-refractivity contribution in [1.82, 2.24) is 9.29 Å². The molecule has 1 aromatic rings. The maximum atomic E-state index is 12.4. The van der Waals surface area contributed by atoms with Gasteiger partial charge < -0.3 is 10.5 Å². The predicted octanol–water partition coefficient (Wildman–Crippen LogP) is -0.653. The molecule has 1 atom stereocenters. The highest BCUT2D eigenvalue weighted by Gasteiger charge is 2.42. The van der Waals surface area contributed by atoms with E-state index in [0.717, 1.165) is 0 Å². The summed E-state index contributed by atoms with van der Waals surface area (Å²) in [5, 5.41) is 0. The molecule has 2 heterocycles. The van der Waals surface area contributed by atoms with Crippen molar-refractivity contribution in [1.29, 1.82) is 0 Å². The Kier molecular flexibility index (Phi) is 3.57. The summed E-state index contributed by atoms with van der Waals surface area (Å²) in [5.41, 5.74) is 3.95. The van der Waals surface area contributed by atoms with Crippen LogP contribution >= 0.6 is 0 Å². The van der Waals surface area contributed by atoms with Crippen LogP contribution in [0, 0.1) is 0 Å². The van der Waals surface area contributed by atoms with E-state index in [1.165, 1.54) is 29.7 Å². The lowest BCUT2D eigenvalue weighted by atomic mass is 10.1. The molecular weight excluding hydrogens is 270 g/mol. The van der Waals surface area contributed by atoms with Gasteiger partial charge in [0.25, 0.3) is 5.91 Å². The Hall–Kier alpha value is -1.51.